The largest absolute Gasteiger partial charge is 0.497 e. The molecule has 30 heavy (non-hydrogen) atoms. The minimum absolute atomic E-state index is 0.345. The van der Waals surface area contributed by atoms with Gasteiger partial charge in [-0.2, -0.15) is 0 Å². The summed E-state index contributed by atoms with van der Waals surface area (Å²) in [5.41, 5.74) is 3.83. The normalized spacial score (nSPS) is 10.9. The van der Waals surface area contributed by atoms with E-state index in [-0.39, 0.29) is 0 Å². The van der Waals surface area contributed by atoms with E-state index >= 15 is 0 Å². The van der Waals surface area contributed by atoms with Crippen LogP contribution in [0.4, 0.5) is 0 Å². The lowest BCUT2D eigenvalue weighted by atomic mass is 10.1. The molecule has 5 nitrogen and oxygen atoms in total. The van der Waals surface area contributed by atoms with Gasteiger partial charge in [0.05, 0.1) is 12.6 Å². The fourth-order valence-corrected chi connectivity index (χ4v) is 3.35. The number of benzene rings is 2. The molecule has 2 heterocycles. The van der Waals surface area contributed by atoms with E-state index in [4.69, 9.17) is 26.1 Å². The fourth-order valence-electron chi connectivity index (χ4n) is 3.16. The lowest BCUT2D eigenvalue weighted by Gasteiger charge is -2.14. The summed E-state index contributed by atoms with van der Waals surface area (Å²) in [5, 5.41) is 5.15. The van der Waals surface area contributed by atoms with Crippen LogP contribution in [0.1, 0.15) is 16.7 Å². The molecule has 0 aliphatic carbocycles. The molecule has 6 heteroatoms. The highest BCUT2D eigenvalue weighted by molar-refractivity contribution is 6.31. The Morgan fingerprint density at radius 3 is 2.67 bits per heavy atom. The lowest BCUT2D eigenvalue weighted by Crippen LogP contribution is -2.14. The van der Waals surface area contributed by atoms with Gasteiger partial charge in [0.25, 0.3) is 0 Å². The molecule has 0 atom stereocenters. The van der Waals surface area contributed by atoms with Gasteiger partial charge in [0, 0.05) is 53.1 Å². The van der Waals surface area contributed by atoms with Crippen molar-refractivity contribution in [1.29, 1.82) is 0 Å². The molecule has 0 spiro atoms. The second kappa shape index (κ2) is 9.57. The third-order valence-corrected chi connectivity index (χ3v) is 5.12. The van der Waals surface area contributed by atoms with Crippen LogP contribution in [0.2, 0.25) is 5.02 Å². The molecule has 2 aromatic carbocycles. The third-order valence-electron chi connectivity index (χ3n) is 4.75. The average Bonchev–Trinajstić information content (AvgIpc) is 2.79. The molecule has 0 radical (unpaired) electrons. The molecular formula is C24H22ClN3O2. The predicted octanol–water partition coefficient (Wildman–Crippen LogP) is 5.16. The van der Waals surface area contributed by atoms with Crippen molar-refractivity contribution < 1.29 is 9.47 Å². The van der Waals surface area contributed by atoms with Gasteiger partial charge in [-0.3, -0.25) is 4.98 Å². The van der Waals surface area contributed by atoms with E-state index < -0.39 is 0 Å². The van der Waals surface area contributed by atoms with Gasteiger partial charge in [-0.1, -0.05) is 35.9 Å². The van der Waals surface area contributed by atoms with E-state index in [1.54, 1.807) is 13.3 Å². The first-order valence-electron chi connectivity index (χ1n) is 9.66. The van der Waals surface area contributed by atoms with Crippen LogP contribution in [0.15, 0.2) is 73.1 Å². The van der Waals surface area contributed by atoms with Crippen LogP contribution in [-0.4, -0.2) is 17.1 Å². The van der Waals surface area contributed by atoms with Crippen molar-refractivity contribution >= 4 is 22.5 Å². The number of pyridine rings is 2. The summed E-state index contributed by atoms with van der Waals surface area (Å²) in [6.45, 7) is 1.66. The average molecular weight is 420 g/mol. The van der Waals surface area contributed by atoms with Gasteiger partial charge in [-0.15, -0.1) is 0 Å². The molecule has 0 saturated carbocycles. The van der Waals surface area contributed by atoms with Gasteiger partial charge >= 0.3 is 0 Å². The topological polar surface area (TPSA) is 56.3 Å². The summed E-state index contributed by atoms with van der Waals surface area (Å²) < 4.78 is 11.4. The van der Waals surface area contributed by atoms with Crippen LogP contribution >= 0.6 is 11.6 Å². The third kappa shape index (κ3) is 4.87. The molecule has 152 valence electrons. The van der Waals surface area contributed by atoms with E-state index in [0.717, 1.165) is 33.3 Å². The van der Waals surface area contributed by atoms with Crippen LogP contribution in [0.5, 0.6) is 11.6 Å². The number of aromatic nitrogens is 2. The molecule has 2 aromatic heterocycles. The number of hydrogen-bond donors (Lipinski definition) is 1. The van der Waals surface area contributed by atoms with Gasteiger partial charge in [-0.05, 0) is 35.9 Å². The number of ether oxygens (including phenoxy) is 2. The first-order chi connectivity index (χ1) is 14.7. The Bertz CT molecular complexity index is 1140. The van der Waals surface area contributed by atoms with Crippen LogP contribution in [-0.2, 0) is 19.7 Å². The molecule has 0 amide bonds. The number of nitrogens with one attached hydrogen (secondary N) is 1. The molecule has 0 unspecified atom stereocenters. The Kier molecular flexibility index (Phi) is 6.42. The van der Waals surface area contributed by atoms with E-state index in [0.29, 0.717) is 30.6 Å². The first-order valence-corrected chi connectivity index (χ1v) is 10.0. The van der Waals surface area contributed by atoms with Crippen molar-refractivity contribution in [3.63, 3.8) is 0 Å². The van der Waals surface area contributed by atoms with Gasteiger partial charge < -0.3 is 14.8 Å². The van der Waals surface area contributed by atoms with Gasteiger partial charge in [-0.25, -0.2) is 4.98 Å². The Hall–Kier alpha value is -3.15. The maximum absolute atomic E-state index is 6.28. The quantitative estimate of drug-likeness (QED) is 0.427. The second-order valence-electron chi connectivity index (χ2n) is 6.86. The van der Waals surface area contributed by atoms with Crippen molar-refractivity contribution in [2.45, 2.75) is 19.7 Å². The first kappa shape index (κ1) is 20.1. The van der Waals surface area contributed by atoms with Gasteiger partial charge in [0.1, 0.15) is 12.4 Å². The summed E-state index contributed by atoms with van der Waals surface area (Å²) >= 11 is 6.28. The van der Waals surface area contributed by atoms with Crippen LogP contribution < -0.4 is 14.8 Å². The number of halogens is 1. The Balaban J connectivity index is 1.58. The van der Waals surface area contributed by atoms with E-state index in [9.17, 15) is 0 Å². The molecule has 0 bridgehead atoms. The molecule has 0 saturated heterocycles. The zero-order valence-electron chi connectivity index (χ0n) is 16.6. The molecule has 1 N–H and O–H groups in total. The minimum Gasteiger partial charge on any atom is -0.497 e. The number of rotatable bonds is 8. The summed E-state index contributed by atoms with van der Waals surface area (Å²) in [6, 6.07) is 19.6. The zero-order chi connectivity index (χ0) is 20.8. The van der Waals surface area contributed by atoms with E-state index in [1.165, 1.54) is 0 Å². The highest BCUT2D eigenvalue weighted by Gasteiger charge is 2.11. The number of hydrogen-bond acceptors (Lipinski definition) is 5. The van der Waals surface area contributed by atoms with Crippen LogP contribution in [0.3, 0.4) is 0 Å². The minimum atomic E-state index is 0.345. The number of nitrogens with zero attached hydrogens (tertiary/aromatic N) is 2. The molecule has 4 aromatic rings. The Labute approximate surface area is 180 Å². The highest BCUT2D eigenvalue weighted by atomic mass is 35.5. The molecule has 4 rings (SSSR count). The number of fused-ring (bicyclic) bond motifs is 1. The second-order valence-corrected chi connectivity index (χ2v) is 7.26. The van der Waals surface area contributed by atoms with Crippen molar-refractivity contribution in [2.75, 3.05) is 7.11 Å². The van der Waals surface area contributed by atoms with Crippen molar-refractivity contribution in [3.05, 3.63) is 94.8 Å². The van der Waals surface area contributed by atoms with Crippen molar-refractivity contribution in [3.8, 4) is 11.6 Å². The summed E-state index contributed by atoms with van der Waals surface area (Å²) in [5.74, 6) is 1.34. The van der Waals surface area contributed by atoms with Crippen LogP contribution in [0, 0.1) is 0 Å². The standard InChI is InChI=1S/C24H22ClN3O2/c1-29-21-9-8-18-11-20(15-27-14-17-5-4-10-26-13-17)24(28-23(18)12-21)30-16-19-6-2-3-7-22(19)25/h2-13,27H,14-16H2,1H3. The van der Waals surface area contributed by atoms with Gasteiger partial charge in [0.15, 0.2) is 0 Å². The maximum Gasteiger partial charge on any atom is 0.218 e. The molecular weight excluding hydrogens is 398 g/mol. The maximum atomic E-state index is 6.28. The SMILES string of the molecule is COc1ccc2cc(CNCc3cccnc3)c(OCc3ccccc3Cl)nc2c1. The molecule has 0 aliphatic rings. The van der Waals surface area contributed by atoms with Crippen LogP contribution in [0.25, 0.3) is 10.9 Å². The van der Waals surface area contributed by atoms with Crippen molar-refractivity contribution in [2.24, 2.45) is 0 Å². The highest BCUT2D eigenvalue weighted by Crippen LogP contribution is 2.27. The summed E-state index contributed by atoms with van der Waals surface area (Å²) in [4.78, 5) is 8.91. The lowest BCUT2D eigenvalue weighted by molar-refractivity contribution is 0.291. The summed E-state index contributed by atoms with van der Waals surface area (Å²) in [7, 11) is 1.65. The Morgan fingerprint density at radius 1 is 0.967 bits per heavy atom. The van der Waals surface area contributed by atoms with Gasteiger partial charge in [0.2, 0.25) is 5.88 Å². The monoisotopic (exact) mass is 419 g/mol. The fraction of sp³-hybridized carbons (Fsp3) is 0.167. The van der Waals surface area contributed by atoms with E-state index in [1.807, 2.05) is 60.8 Å². The zero-order valence-corrected chi connectivity index (χ0v) is 17.4. The smallest absolute Gasteiger partial charge is 0.218 e. The van der Waals surface area contributed by atoms with E-state index in [2.05, 4.69) is 16.4 Å². The molecule has 0 aliphatic heterocycles. The number of methoxy groups -OCH3 is 1. The van der Waals surface area contributed by atoms with Crippen molar-refractivity contribution in [1.82, 2.24) is 15.3 Å². The predicted molar refractivity (Wildman–Crippen MR) is 119 cm³/mol. The molecule has 0 fully saturated rings. The Morgan fingerprint density at radius 2 is 1.87 bits per heavy atom. The summed E-state index contributed by atoms with van der Waals surface area (Å²) in [6.07, 6.45) is 3.62.